The molecule has 1 radical (unpaired) electrons. The molecule has 4 heteroatoms. The molecule has 63 valence electrons. The third kappa shape index (κ3) is 2.75. The molecule has 0 fully saturated rings. The monoisotopic (exact) mass is 201 g/mol. The van der Waals surface area contributed by atoms with Gasteiger partial charge in [-0.1, -0.05) is 0 Å². The maximum atomic E-state index is 9.83. The third-order valence-electron chi connectivity index (χ3n) is 1.21. The normalized spacial score (nSPS) is 9.42. The van der Waals surface area contributed by atoms with E-state index in [2.05, 4.69) is 0 Å². The highest BCUT2D eigenvalue weighted by atomic mass is 35.7. The molecule has 0 aliphatic carbocycles. The highest BCUT2D eigenvalue weighted by molar-refractivity contribution is 8.21. The second-order valence-electron chi connectivity index (χ2n) is 1.98. The molecule has 0 atom stereocenters. The summed E-state index contributed by atoms with van der Waals surface area (Å²) in [6, 6.07) is 7.14. The first-order valence-electron chi connectivity index (χ1n) is 3.23. The zero-order valence-electron chi connectivity index (χ0n) is 6.12. The number of carbonyl (C=O) groups excluding carboxylic acids is 1. The summed E-state index contributed by atoms with van der Waals surface area (Å²) in [6.07, 6.45) is 1.64. The lowest BCUT2D eigenvalue weighted by Crippen LogP contribution is -1.96. The summed E-state index contributed by atoms with van der Waals surface area (Å²) in [5, 5.41) is 0. The molecule has 0 saturated carbocycles. The van der Waals surface area contributed by atoms with Gasteiger partial charge in [-0.15, -0.1) is 0 Å². The van der Waals surface area contributed by atoms with Gasteiger partial charge in [0.05, 0.1) is 0 Å². The zero-order chi connectivity index (χ0) is 8.81. The summed E-state index contributed by atoms with van der Waals surface area (Å²) >= 11 is 0. The van der Waals surface area contributed by atoms with Gasteiger partial charge in [-0.05, 0) is 45.9 Å². The molecular formula is C8H6ClO2S. The topological polar surface area (TPSA) is 26.3 Å². The van der Waals surface area contributed by atoms with Crippen molar-refractivity contribution in [1.82, 2.24) is 0 Å². The fourth-order valence-electron chi connectivity index (χ4n) is 0.700. The second-order valence-corrected chi connectivity index (χ2v) is 3.07. The van der Waals surface area contributed by atoms with E-state index in [-0.39, 0.29) is 6.61 Å². The minimum atomic E-state index is -0.0344. The Morgan fingerprint density at radius 3 is 2.58 bits per heavy atom. The van der Waals surface area contributed by atoms with Gasteiger partial charge in [0.25, 0.3) is 0 Å². The summed E-state index contributed by atoms with van der Waals surface area (Å²) in [5.74, 6) is 0.646. The fourth-order valence-corrected chi connectivity index (χ4v) is 1.25. The maximum Gasteiger partial charge on any atom is 0.239 e. The maximum absolute atomic E-state index is 9.83. The van der Waals surface area contributed by atoms with Crippen LogP contribution in [0.1, 0.15) is 0 Å². The molecule has 1 rings (SSSR count). The van der Waals surface area contributed by atoms with Crippen LogP contribution in [0, 0.1) is 0 Å². The van der Waals surface area contributed by atoms with Gasteiger partial charge in [0.15, 0.2) is 6.61 Å². The van der Waals surface area contributed by atoms with E-state index < -0.39 is 0 Å². The van der Waals surface area contributed by atoms with Gasteiger partial charge in [0.2, 0.25) is 6.29 Å². The van der Waals surface area contributed by atoms with E-state index in [9.17, 15) is 4.79 Å². The lowest BCUT2D eigenvalue weighted by Gasteiger charge is -2.00. The van der Waals surface area contributed by atoms with Gasteiger partial charge >= 0.3 is 0 Å². The molecule has 0 heterocycles. The number of hydrogen-bond acceptors (Lipinski definition) is 3. The summed E-state index contributed by atoms with van der Waals surface area (Å²) < 4.78 is 4.98. The molecule has 1 aromatic rings. The van der Waals surface area contributed by atoms with Crippen LogP contribution in [0.2, 0.25) is 0 Å². The minimum absolute atomic E-state index is 0.0344. The van der Waals surface area contributed by atoms with Crippen LogP contribution in [0.15, 0.2) is 29.2 Å². The third-order valence-corrected chi connectivity index (χ3v) is 2.20. The highest BCUT2D eigenvalue weighted by Gasteiger charge is 1.93. The van der Waals surface area contributed by atoms with Gasteiger partial charge in [-0.3, -0.25) is 4.79 Å². The van der Waals surface area contributed by atoms with E-state index in [0.29, 0.717) is 5.75 Å². The van der Waals surface area contributed by atoms with Crippen LogP contribution in [0.3, 0.4) is 0 Å². The zero-order valence-corrected chi connectivity index (χ0v) is 7.69. The van der Waals surface area contributed by atoms with Crippen molar-refractivity contribution in [3.05, 3.63) is 24.3 Å². The highest BCUT2D eigenvalue weighted by Crippen LogP contribution is 2.23. The Labute approximate surface area is 79.4 Å². The molecule has 0 aromatic heterocycles. The molecule has 0 amide bonds. The summed E-state index contributed by atoms with van der Waals surface area (Å²) in [4.78, 5) is 10.8. The van der Waals surface area contributed by atoms with Gasteiger partial charge in [0.1, 0.15) is 5.75 Å². The Kier molecular flexibility index (Phi) is 3.97. The van der Waals surface area contributed by atoms with Crippen LogP contribution in [0.5, 0.6) is 5.75 Å². The standard InChI is InChI=1S/C8H6ClO2S/c9-12-8-3-1-7(2-4-8)11-6-5-10/h1-4H,6H2. The van der Waals surface area contributed by atoms with E-state index in [1.165, 1.54) is 0 Å². The van der Waals surface area contributed by atoms with Crippen LogP contribution < -0.4 is 4.74 Å². The Morgan fingerprint density at radius 1 is 1.42 bits per heavy atom. The van der Waals surface area contributed by atoms with Crippen LogP contribution in [0.4, 0.5) is 0 Å². The Hall–Kier alpha value is -0.670. The van der Waals surface area contributed by atoms with Crippen molar-refractivity contribution in [3.63, 3.8) is 0 Å². The van der Waals surface area contributed by atoms with Crippen molar-refractivity contribution < 1.29 is 9.53 Å². The van der Waals surface area contributed by atoms with Crippen LogP contribution in [0.25, 0.3) is 0 Å². The number of rotatable bonds is 4. The first-order valence-corrected chi connectivity index (χ1v) is 4.87. The van der Waals surface area contributed by atoms with Gasteiger partial charge in [0, 0.05) is 4.90 Å². The molecular weight excluding hydrogens is 196 g/mol. The smallest absolute Gasteiger partial charge is 0.239 e. The van der Waals surface area contributed by atoms with Crippen molar-refractivity contribution >= 4 is 27.9 Å². The molecule has 2 nitrogen and oxygen atoms in total. The van der Waals surface area contributed by atoms with Crippen LogP contribution >= 0.6 is 21.7 Å². The lowest BCUT2D eigenvalue weighted by atomic mass is 10.3. The van der Waals surface area contributed by atoms with E-state index in [4.69, 9.17) is 15.4 Å². The molecule has 1 aromatic carbocycles. The first-order chi connectivity index (χ1) is 5.86. The molecule has 0 unspecified atom stereocenters. The van der Waals surface area contributed by atoms with E-state index in [1.807, 2.05) is 12.1 Å². The van der Waals surface area contributed by atoms with Crippen molar-refractivity contribution in [2.24, 2.45) is 0 Å². The number of ether oxygens (including phenoxy) is 1. The Balaban J connectivity index is 2.58. The molecule has 0 saturated heterocycles. The Morgan fingerprint density at radius 2 is 2.08 bits per heavy atom. The predicted octanol–water partition coefficient (Wildman–Crippen LogP) is 2.42. The first kappa shape index (κ1) is 9.42. The minimum Gasteiger partial charge on any atom is -0.485 e. The largest absolute Gasteiger partial charge is 0.485 e. The number of benzene rings is 1. The average Bonchev–Trinajstić information content (AvgIpc) is 2.15. The predicted molar refractivity (Wildman–Crippen MR) is 49.3 cm³/mol. The average molecular weight is 202 g/mol. The molecule has 0 aliphatic heterocycles. The van der Waals surface area contributed by atoms with E-state index >= 15 is 0 Å². The summed E-state index contributed by atoms with van der Waals surface area (Å²) in [6.45, 7) is -0.0344. The quantitative estimate of drug-likeness (QED) is 0.749. The van der Waals surface area contributed by atoms with Gasteiger partial charge in [-0.25, -0.2) is 0 Å². The second kappa shape index (κ2) is 5.06. The molecule has 0 bridgehead atoms. The van der Waals surface area contributed by atoms with Crippen molar-refractivity contribution in [3.8, 4) is 5.75 Å². The summed E-state index contributed by atoms with van der Waals surface area (Å²) in [7, 11) is 6.64. The van der Waals surface area contributed by atoms with Crippen LogP contribution in [-0.4, -0.2) is 12.9 Å². The van der Waals surface area contributed by atoms with Gasteiger partial charge < -0.3 is 4.74 Å². The number of hydrogen-bond donors (Lipinski definition) is 0. The van der Waals surface area contributed by atoms with Crippen molar-refractivity contribution in [2.45, 2.75) is 4.90 Å². The Bertz CT molecular complexity index is 248. The van der Waals surface area contributed by atoms with E-state index in [0.717, 1.165) is 15.9 Å². The van der Waals surface area contributed by atoms with Crippen molar-refractivity contribution in [1.29, 1.82) is 0 Å². The molecule has 12 heavy (non-hydrogen) atoms. The molecule has 0 aliphatic rings. The SMILES string of the molecule is O=[C]COc1ccc(SCl)cc1. The molecule has 0 N–H and O–H groups in total. The fraction of sp³-hybridized carbons (Fsp3) is 0.125. The lowest BCUT2D eigenvalue weighted by molar-refractivity contribution is 0.364. The van der Waals surface area contributed by atoms with Crippen LogP contribution in [-0.2, 0) is 4.79 Å². The molecule has 0 spiro atoms. The van der Waals surface area contributed by atoms with Gasteiger partial charge in [-0.2, -0.15) is 0 Å². The van der Waals surface area contributed by atoms with E-state index in [1.54, 1.807) is 18.4 Å². The summed E-state index contributed by atoms with van der Waals surface area (Å²) in [5.41, 5.74) is 0. The number of halogens is 1. The van der Waals surface area contributed by atoms with Crippen molar-refractivity contribution in [2.75, 3.05) is 6.61 Å².